The summed E-state index contributed by atoms with van der Waals surface area (Å²) in [7, 11) is 0. The molecule has 0 aliphatic heterocycles. The fourth-order valence-corrected chi connectivity index (χ4v) is 2.63. The van der Waals surface area contributed by atoms with Gasteiger partial charge in [-0.05, 0) is 11.0 Å². The van der Waals surface area contributed by atoms with Gasteiger partial charge < -0.3 is 4.84 Å². The lowest BCUT2D eigenvalue weighted by molar-refractivity contribution is 0.141. The van der Waals surface area contributed by atoms with E-state index in [-0.39, 0.29) is 5.41 Å². The van der Waals surface area contributed by atoms with E-state index in [4.69, 9.17) is 5.90 Å². The molecule has 0 spiro atoms. The smallest absolute Gasteiger partial charge is 0.0956 e. The number of thiazole rings is 1. The standard InChI is InChI=1S/C15H20N2OS/c1-15(2,3)12-6-4-11(5-7-12)13-10-19-14(17-13)8-9-18-16/h4-7,10H,8-9,16H2,1-3H3. The van der Waals surface area contributed by atoms with Crippen molar-refractivity contribution in [3.05, 3.63) is 40.2 Å². The minimum Gasteiger partial charge on any atom is -0.304 e. The van der Waals surface area contributed by atoms with E-state index >= 15 is 0 Å². The Labute approximate surface area is 118 Å². The van der Waals surface area contributed by atoms with Gasteiger partial charge in [0.1, 0.15) is 0 Å². The van der Waals surface area contributed by atoms with Gasteiger partial charge in [-0.25, -0.2) is 10.9 Å². The van der Waals surface area contributed by atoms with Gasteiger partial charge in [0.15, 0.2) is 0 Å². The highest BCUT2D eigenvalue weighted by molar-refractivity contribution is 7.09. The minimum absolute atomic E-state index is 0.185. The van der Waals surface area contributed by atoms with Crippen LogP contribution in [0.5, 0.6) is 0 Å². The number of rotatable bonds is 4. The number of hydrogen-bond acceptors (Lipinski definition) is 4. The summed E-state index contributed by atoms with van der Waals surface area (Å²) in [6.07, 6.45) is 0.765. The van der Waals surface area contributed by atoms with Crippen LogP contribution in [0, 0.1) is 0 Å². The Morgan fingerprint density at radius 3 is 2.47 bits per heavy atom. The summed E-state index contributed by atoms with van der Waals surface area (Å²) in [5.41, 5.74) is 3.70. The zero-order valence-electron chi connectivity index (χ0n) is 11.6. The molecule has 2 rings (SSSR count). The molecule has 4 heteroatoms. The van der Waals surface area contributed by atoms with Crippen molar-refractivity contribution in [3.63, 3.8) is 0 Å². The summed E-state index contributed by atoms with van der Waals surface area (Å²) >= 11 is 1.65. The largest absolute Gasteiger partial charge is 0.304 e. The van der Waals surface area contributed by atoms with Gasteiger partial charge in [0.2, 0.25) is 0 Å². The quantitative estimate of drug-likeness (QED) is 0.869. The molecule has 1 aromatic heterocycles. The van der Waals surface area contributed by atoms with Crippen LogP contribution in [0.4, 0.5) is 0 Å². The predicted octanol–water partition coefficient (Wildman–Crippen LogP) is 3.54. The van der Waals surface area contributed by atoms with Gasteiger partial charge in [-0.1, -0.05) is 45.0 Å². The first-order valence-electron chi connectivity index (χ1n) is 6.38. The molecular formula is C15H20N2OS. The lowest BCUT2D eigenvalue weighted by atomic mass is 9.86. The van der Waals surface area contributed by atoms with Gasteiger partial charge in [-0.15, -0.1) is 11.3 Å². The second kappa shape index (κ2) is 5.82. The molecule has 1 heterocycles. The maximum absolute atomic E-state index is 5.03. The molecule has 0 aliphatic carbocycles. The molecule has 102 valence electrons. The van der Waals surface area contributed by atoms with Gasteiger partial charge >= 0.3 is 0 Å². The first-order chi connectivity index (χ1) is 9.00. The Balaban J connectivity index is 2.16. The second-order valence-corrected chi connectivity index (χ2v) is 6.52. The maximum Gasteiger partial charge on any atom is 0.0956 e. The molecule has 19 heavy (non-hydrogen) atoms. The summed E-state index contributed by atoms with van der Waals surface area (Å²) in [5.74, 6) is 5.03. The van der Waals surface area contributed by atoms with Gasteiger partial charge in [0.25, 0.3) is 0 Å². The summed E-state index contributed by atoms with van der Waals surface area (Å²) in [6, 6.07) is 8.63. The molecular weight excluding hydrogens is 256 g/mol. The van der Waals surface area contributed by atoms with E-state index in [1.54, 1.807) is 11.3 Å². The zero-order valence-corrected chi connectivity index (χ0v) is 12.5. The van der Waals surface area contributed by atoms with Crippen molar-refractivity contribution in [2.24, 2.45) is 5.90 Å². The van der Waals surface area contributed by atoms with Gasteiger partial charge in [0.05, 0.1) is 17.3 Å². The molecule has 0 atom stereocenters. The van der Waals surface area contributed by atoms with Crippen LogP contribution < -0.4 is 5.90 Å². The molecule has 3 nitrogen and oxygen atoms in total. The Kier molecular flexibility index (Phi) is 4.34. The summed E-state index contributed by atoms with van der Waals surface area (Å²) < 4.78 is 0. The van der Waals surface area contributed by atoms with Crippen molar-refractivity contribution >= 4 is 11.3 Å². The topological polar surface area (TPSA) is 48.1 Å². The Hall–Kier alpha value is -1.23. The highest BCUT2D eigenvalue weighted by atomic mass is 32.1. The van der Waals surface area contributed by atoms with Crippen LogP contribution in [0.2, 0.25) is 0 Å². The molecule has 0 fully saturated rings. The first-order valence-corrected chi connectivity index (χ1v) is 7.25. The van der Waals surface area contributed by atoms with Gasteiger partial charge in [-0.2, -0.15) is 0 Å². The van der Waals surface area contributed by atoms with Crippen LogP contribution in [0.1, 0.15) is 31.3 Å². The van der Waals surface area contributed by atoms with E-state index in [1.807, 2.05) is 0 Å². The van der Waals surface area contributed by atoms with Gasteiger partial charge in [-0.3, -0.25) is 0 Å². The SMILES string of the molecule is CC(C)(C)c1ccc(-c2csc(CCON)n2)cc1. The summed E-state index contributed by atoms with van der Waals surface area (Å²) in [5, 5.41) is 3.14. The van der Waals surface area contributed by atoms with Crippen LogP contribution in [-0.2, 0) is 16.7 Å². The summed E-state index contributed by atoms with van der Waals surface area (Å²) in [6.45, 7) is 7.16. The van der Waals surface area contributed by atoms with Crippen LogP contribution in [0.3, 0.4) is 0 Å². The average Bonchev–Trinajstić information content (AvgIpc) is 2.84. The third-order valence-electron chi connectivity index (χ3n) is 3.03. The number of nitrogens with zero attached hydrogens (tertiary/aromatic N) is 1. The molecule has 0 amide bonds. The monoisotopic (exact) mass is 276 g/mol. The maximum atomic E-state index is 5.03. The van der Waals surface area contributed by atoms with E-state index in [0.717, 1.165) is 22.7 Å². The highest BCUT2D eigenvalue weighted by Gasteiger charge is 2.13. The van der Waals surface area contributed by atoms with Crippen molar-refractivity contribution in [1.82, 2.24) is 4.98 Å². The Morgan fingerprint density at radius 2 is 1.89 bits per heavy atom. The molecule has 0 saturated carbocycles. The second-order valence-electron chi connectivity index (χ2n) is 5.57. The van der Waals surface area contributed by atoms with Crippen LogP contribution in [-0.4, -0.2) is 11.6 Å². The van der Waals surface area contributed by atoms with Crippen molar-refractivity contribution in [1.29, 1.82) is 0 Å². The molecule has 0 bridgehead atoms. The lowest BCUT2D eigenvalue weighted by Gasteiger charge is -2.18. The Morgan fingerprint density at radius 1 is 1.21 bits per heavy atom. The van der Waals surface area contributed by atoms with Crippen LogP contribution in [0.25, 0.3) is 11.3 Å². The molecule has 2 N–H and O–H groups in total. The average molecular weight is 276 g/mol. The highest BCUT2D eigenvalue weighted by Crippen LogP contribution is 2.27. The normalized spacial score (nSPS) is 11.8. The van der Waals surface area contributed by atoms with E-state index in [2.05, 4.69) is 60.2 Å². The van der Waals surface area contributed by atoms with E-state index in [1.165, 1.54) is 5.56 Å². The molecule has 1 aromatic carbocycles. The predicted molar refractivity (Wildman–Crippen MR) is 80.1 cm³/mol. The molecule has 2 aromatic rings. The summed E-state index contributed by atoms with van der Waals surface area (Å²) in [4.78, 5) is 9.17. The van der Waals surface area contributed by atoms with Crippen LogP contribution >= 0.6 is 11.3 Å². The lowest BCUT2D eigenvalue weighted by Crippen LogP contribution is -2.10. The van der Waals surface area contributed by atoms with E-state index in [0.29, 0.717) is 6.61 Å². The molecule has 0 saturated heterocycles. The third kappa shape index (κ3) is 3.62. The zero-order chi connectivity index (χ0) is 13.9. The van der Waals surface area contributed by atoms with Crippen molar-refractivity contribution in [2.75, 3.05) is 6.61 Å². The molecule has 0 aliphatic rings. The number of nitrogens with two attached hydrogens (primary N) is 1. The van der Waals surface area contributed by atoms with Crippen molar-refractivity contribution in [2.45, 2.75) is 32.6 Å². The number of benzene rings is 1. The van der Waals surface area contributed by atoms with E-state index in [9.17, 15) is 0 Å². The fourth-order valence-electron chi connectivity index (χ4n) is 1.85. The van der Waals surface area contributed by atoms with E-state index < -0.39 is 0 Å². The van der Waals surface area contributed by atoms with Crippen molar-refractivity contribution < 1.29 is 4.84 Å². The third-order valence-corrected chi connectivity index (χ3v) is 3.94. The number of hydrogen-bond donors (Lipinski definition) is 1. The van der Waals surface area contributed by atoms with Gasteiger partial charge in [0, 0.05) is 17.4 Å². The first kappa shape index (κ1) is 14.2. The van der Waals surface area contributed by atoms with Crippen LogP contribution in [0.15, 0.2) is 29.6 Å². The Bertz CT molecular complexity index is 526. The minimum atomic E-state index is 0.185. The van der Waals surface area contributed by atoms with Crippen molar-refractivity contribution in [3.8, 4) is 11.3 Å². The fraction of sp³-hybridized carbons (Fsp3) is 0.400. The molecule has 0 unspecified atom stereocenters. The number of aromatic nitrogens is 1. The molecule has 0 radical (unpaired) electrons.